The minimum absolute atomic E-state index is 0.0322. The standard InChI is InChI=1S/C24H21F3N6O2S/c1-32(2)36-18-6-3-5-16(12-18)28-22(34)14-33-13-15-11-17(9-10-19(15)31-33)29-23(35)20-7-4-8-21(30-20)24(25,26)27/h3-13H,14H2,1-2H3,(H,28,34)(H,29,35). The number of carbonyl (C=O) groups is 2. The fourth-order valence-electron chi connectivity index (χ4n) is 3.34. The van der Waals surface area contributed by atoms with Gasteiger partial charge in [-0.2, -0.15) is 18.3 Å². The quantitative estimate of drug-likeness (QED) is 0.341. The largest absolute Gasteiger partial charge is 0.433 e. The van der Waals surface area contributed by atoms with Crippen molar-refractivity contribution in [2.75, 3.05) is 24.7 Å². The van der Waals surface area contributed by atoms with Gasteiger partial charge in [-0.15, -0.1) is 0 Å². The molecule has 0 saturated carbocycles. The van der Waals surface area contributed by atoms with Crippen molar-refractivity contribution < 1.29 is 22.8 Å². The van der Waals surface area contributed by atoms with Crippen molar-refractivity contribution in [3.8, 4) is 0 Å². The maximum absolute atomic E-state index is 12.9. The fraction of sp³-hybridized carbons (Fsp3) is 0.167. The zero-order valence-corrected chi connectivity index (χ0v) is 20.0. The Hall–Kier alpha value is -3.90. The van der Waals surface area contributed by atoms with Gasteiger partial charge >= 0.3 is 6.18 Å². The summed E-state index contributed by atoms with van der Waals surface area (Å²) in [6.07, 6.45) is -3.00. The highest BCUT2D eigenvalue weighted by molar-refractivity contribution is 7.97. The predicted octanol–water partition coefficient (Wildman–Crippen LogP) is 4.91. The van der Waals surface area contributed by atoms with Gasteiger partial charge in [0, 0.05) is 27.9 Å². The van der Waals surface area contributed by atoms with Crippen molar-refractivity contribution in [3.63, 3.8) is 0 Å². The van der Waals surface area contributed by atoms with Crippen LogP contribution in [0.3, 0.4) is 0 Å². The Morgan fingerprint density at radius 1 is 1.00 bits per heavy atom. The summed E-state index contributed by atoms with van der Waals surface area (Å²) in [5, 5.41) is 10.4. The normalized spacial score (nSPS) is 11.6. The molecule has 0 fully saturated rings. The lowest BCUT2D eigenvalue weighted by atomic mass is 10.2. The van der Waals surface area contributed by atoms with Gasteiger partial charge < -0.3 is 10.6 Å². The Morgan fingerprint density at radius 2 is 1.75 bits per heavy atom. The van der Waals surface area contributed by atoms with E-state index in [2.05, 4.69) is 20.7 Å². The predicted molar refractivity (Wildman–Crippen MR) is 132 cm³/mol. The second-order valence-corrected chi connectivity index (χ2v) is 9.32. The third-order valence-corrected chi connectivity index (χ3v) is 5.62. The van der Waals surface area contributed by atoms with Crippen molar-refractivity contribution in [2.24, 2.45) is 0 Å². The van der Waals surface area contributed by atoms with E-state index in [0.29, 0.717) is 22.3 Å². The lowest BCUT2D eigenvalue weighted by Gasteiger charge is -2.10. The van der Waals surface area contributed by atoms with Gasteiger partial charge in [0.05, 0.1) is 5.52 Å². The zero-order valence-electron chi connectivity index (χ0n) is 19.2. The molecule has 36 heavy (non-hydrogen) atoms. The van der Waals surface area contributed by atoms with E-state index in [0.717, 1.165) is 17.0 Å². The summed E-state index contributed by atoms with van der Waals surface area (Å²) in [4.78, 5) is 29.3. The van der Waals surface area contributed by atoms with E-state index in [4.69, 9.17) is 0 Å². The summed E-state index contributed by atoms with van der Waals surface area (Å²) in [5.41, 5.74) is 0.101. The molecule has 4 aromatic rings. The summed E-state index contributed by atoms with van der Waals surface area (Å²) < 4.78 is 42.0. The Morgan fingerprint density at radius 3 is 2.50 bits per heavy atom. The molecule has 186 valence electrons. The average molecular weight is 515 g/mol. The lowest BCUT2D eigenvalue weighted by Crippen LogP contribution is -2.19. The molecule has 12 heteroatoms. The highest BCUT2D eigenvalue weighted by atomic mass is 32.2. The van der Waals surface area contributed by atoms with E-state index in [1.807, 2.05) is 36.6 Å². The van der Waals surface area contributed by atoms with E-state index in [9.17, 15) is 22.8 Å². The van der Waals surface area contributed by atoms with E-state index in [1.165, 1.54) is 22.7 Å². The smallest absolute Gasteiger partial charge is 0.324 e. The summed E-state index contributed by atoms with van der Waals surface area (Å²) in [6, 6.07) is 15.4. The Bertz CT molecular complexity index is 1420. The molecule has 0 atom stereocenters. The highest BCUT2D eigenvalue weighted by Gasteiger charge is 2.32. The van der Waals surface area contributed by atoms with Crippen LogP contribution in [0.25, 0.3) is 10.9 Å². The van der Waals surface area contributed by atoms with Gasteiger partial charge in [0.1, 0.15) is 17.9 Å². The van der Waals surface area contributed by atoms with Crippen molar-refractivity contribution in [1.29, 1.82) is 0 Å². The Labute approximate surface area is 208 Å². The summed E-state index contributed by atoms with van der Waals surface area (Å²) in [7, 11) is 3.86. The highest BCUT2D eigenvalue weighted by Crippen LogP contribution is 2.28. The van der Waals surface area contributed by atoms with Crippen molar-refractivity contribution in [1.82, 2.24) is 19.1 Å². The first kappa shape index (κ1) is 25.2. The Balaban J connectivity index is 1.42. The summed E-state index contributed by atoms with van der Waals surface area (Å²) >= 11 is 1.53. The van der Waals surface area contributed by atoms with Gasteiger partial charge in [-0.3, -0.25) is 18.6 Å². The molecule has 2 aromatic carbocycles. The zero-order chi connectivity index (χ0) is 25.9. The topological polar surface area (TPSA) is 92.2 Å². The number of nitrogens with one attached hydrogen (secondary N) is 2. The maximum Gasteiger partial charge on any atom is 0.433 e. The first-order valence-corrected chi connectivity index (χ1v) is 11.4. The molecule has 2 heterocycles. The van der Waals surface area contributed by atoms with Crippen LogP contribution in [0.15, 0.2) is 71.8 Å². The molecule has 0 aliphatic heterocycles. The number of aromatic nitrogens is 3. The molecule has 2 N–H and O–H groups in total. The molecule has 0 spiro atoms. The number of fused-ring (bicyclic) bond motifs is 1. The van der Waals surface area contributed by atoms with E-state index in [-0.39, 0.29) is 18.1 Å². The SMILES string of the molecule is CN(C)Sc1cccc(NC(=O)Cn2cc3cc(NC(=O)c4cccc(C(F)(F)F)n4)ccc3n2)c1. The molecular weight excluding hydrogens is 493 g/mol. The molecule has 0 radical (unpaired) electrons. The first-order valence-electron chi connectivity index (χ1n) is 10.6. The average Bonchev–Trinajstić information content (AvgIpc) is 3.19. The number of hydrogen-bond acceptors (Lipinski definition) is 6. The number of nitrogens with zero attached hydrogens (tertiary/aromatic N) is 4. The molecule has 8 nitrogen and oxygen atoms in total. The second-order valence-electron chi connectivity index (χ2n) is 7.94. The minimum atomic E-state index is -4.65. The molecule has 0 aliphatic rings. The number of alkyl halides is 3. The lowest BCUT2D eigenvalue weighted by molar-refractivity contribution is -0.141. The van der Waals surface area contributed by atoms with Gasteiger partial charge in [-0.05, 0) is 74.6 Å². The Kier molecular flexibility index (Phi) is 7.27. The molecule has 4 rings (SSSR count). The van der Waals surface area contributed by atoms with Crippen LogP contribution < -0.4 is 10.6 Å². The number of hydrogen-bond donors (Lipinski definition) is 2. The third kappa shape index (κ3) is 6.40. The molecule has 0 aliphatic carbocycles. The van der Waals surface area contributed by atoms with E-state index >= 15 is 0 Å². The van der Waals surface area contributed by atoms with Gasteiger partial charge in [-0.1, -0.05) is 12.1 Å². The van der Waals surface area contributed by atoms with Crippen LogP contribution >= 0.6 is 11.9 Å². The number of carbonyl (C=O) groups excluding carboxylic acids is 2. The molecule has 2 aromatic heterocycles. The van der Waals surface area contributed by atoms with Crippen LogP contribution in [0.4, 0.5) is 24.5 Å². The number of amides is 2. The number of anilines is 2. The van der Waals surface area contributed by atoms with Crippen molar-refractivity contribution in [3.05, 3.63) is 78.2 Å². The summed E-state index contributed by atoms with van der Waals surface area (Å²) in [6.45, 7) is -0.0322. The van der Waals surface area contributed by atoms with E-state index in [1.54, 1.807) is 30.5 Å². The molecular formula is C24H21F3N6O2S. The molecule has 0 unspecified atom stereocenters. The van der Waals surface area contributed by atoms with Crippen LogP contribution in [-0.2, 0) is 17.5 Å². The minimum Gasteiger partial charge on any atom is -0.324 e. The van der Waals surface area contributed by atoms with Crippen LogP contribution in [0.1, 0.15) is 16.2 Å². The number of pyridine rings is 1. The monoisotopic (exact) mass is 514 g/mol. The van der Waals surface area contributed by atoms with Gasteiger partial charge in [0.15, 0.2) is 0 Å². The van der Waals surface area contributed by atoms with Crippen LogP contribution in [-0.4, -0.2) is 45.0 Å². The third-order valence-electron chi connectivity index (χ3n) is 4.79. The fourth-order valence-corrected chi connectivity index (χ4v) is 4.08. The van der Waals surface area contributed by atoms with E-state index < -0.39 is 17.8 Å². The number of halogens is 3. The van der Waals surface area contributed by atoms with Crippen LogP contribution in [0, 0.1) is 0 Å². The van der Waals surface area contributed by atoms with Crippen LogP contribution in [0.2, 0.25) is 0 Å². The van der Waals surface area contributed by atoms with Crippen molar-refractivity contribution in [2.45, 2.75) is 17.6 Å². The molecule has 0 bridgehead atoms. The second kappa shape index (κ2) is 10.4. The van der Waals surface area contributed by atoms with Crippen molar-refractivity contribution >= 4 is 46.0 Å². The van der Waals surface area contributed by atoms with Gasteiger partial charge in [-0.25, -0.2) is 4.98 Å². The van der Waals surface area contributed by atoms with Gasteiger partial charge in [0.25, 0.3) is 5.91 Å². The number of rotatable bonds is 7. The maximum atomic E-state index is 12.9. The number of benzene rings is 2. The van der Waals surface area contributed by atoms with Crippen LogP contribution in [0.5, 0.6) is 0 Å². The first-order chi connectivity index (χ1) is 17.1. The molecule has 0 saturated heterocycles. The molecule has 2 amide bonds. The summed E-state index contributed by atoms with van der Waals surface area (Å²) in [5.74, 6) is -1.04. The van der Waals surface area contributed by atoms with Gasteiger partial charge in [0.2, 0.25) is 5.91 Å².